The van der Waals surface area contributed by atoms with Gasteiger partial charge in [-0.1, -0.05) is 19.1 Å². The Bertz CT molecular complexity index is 1030. The van der Waals surface area contributed by atoms with Crippen LogP contribution in [-0.2, 0) is 6.42 Å². The van der Waals surface area contributed by atoms with E-state index < -0.39 is 4.92 Å². The molecule has 132 valence electrons. The van der Waals surface area contributed by atoms with Gasteiger partial charge in [0.05, 0.1) is 16.2 Å². The van der Waals surface area contributed by atoms with E-state index in [0.717, 1.165) is 0 Å². The van der Waals surface area contributed by atoms with Crippen LogP contribution in [0.15, 0.2) is 58.3 Å². The molecular formula is C18H16N4O4. The van der Waals surface area contributed by atoms with Crippen LogP contribution in [-0.4, -0.2) is 26.0 Å². The molecule has 26 heavy (non-hydrogen) atoms. The Kier molecular flexibility index (Phi) is 4.66. The molecule has 0 atom stereocenters. The van der Waals surface area contributed by atoms with Gasteiger partial charge in [0.25, 0.3) is 11.2 Å². The molecule has 3 aromatic rings. The second-order valence-electron chi connectivity index (χ2n) is 5.52. The van der Waals surface area contributed by atoms with E-state index >= 15 is 0 Å². The topological polar surface area (TPSA) is 114 Å². The van der Waals surface area contributed by atoms with Crippen LogP contribution in [0.1, 0.15) is 18.2 Å². The zero-order valence-corrected chi connectivity index (χ0v) is 13.9. The molecule has 3 rings (SSSR count). The lowest BCUT2D eigenvalue weighted by atomic mass is 10.2. The van der Waals surface area contributed by atoms with Crippen LogP contribution in [0.25, 0.3) is 5.69 Å². The number of aromatic nitrogens is 2. The second kappa shape index (κ2) is 7.06. The van der Waals surface area contributed by atoms with Gasteiger partial charge in [-0.25, -0.2) is 4.68 Å². The number of nitrogens with zero attached hydrogens (tertiary/aromatic N) is 3. The number of rotatable bonds is 5. The maximum absolute atomic E-state index is 12.7. The summed E-state index contributed by atoms with van der Waals surface area (Å²) in [5.41, 5.74) is 1.51. The van der Waals surface area contributed by atoms with Gasteiger partial charge in [-0.05, 0) is 30.7 Å². The number of phenols is 1. The molecule has 0 radical (unpaired) electrons. The first-order valence-corrected chi connectivity index (χ1v) is 7.92. The Hall–Kier alpha value is -3.68. The molecule has 0 amide bonds. The van der Waals surface area contributed by atoms with Gasteiger partial charge in [0, 0.05) is 24.0 Å². The normalized spacial score (nSPS) is 11.1. The highest BCUT2D eigenvalue weighted by Crippen LogP contribution is 2.24. The number of phenolic OH excluding ortho intramolecular Hbond substituents is 1. The maximum Gasteiger partial charge on any atom is 0.280 e. The van der Waals surface area contributed by atoms with Crippen molar-refractivity contribution >= 4 is 17.6 Å². The molecule has 0 aliphatic carbocycles. The molecule has 0 aliphatic heterocycles. The minimum Gasteiger partial charge on any atom is -0.506 e. The number of aryl methyl sites for hydroxylation is 1. The SMILES string of the molecule is CCc1[nH]n(-c2ccc([N+](=O)[O-])cc2)c(=O)c1C=Nc1ccccc1O. The quantitative estimate of drug-likeness (QED) is 0.417. The number of nitro groups is 1. The Morgan fingerprint density at radius 3 is 2.54 bits per heavy atom. The average molecular weight is 352 g/mol. The monoisotopic (exact) mass is 352 g/mol. The van der Waals surface area contributed by atoms with Gasteiger partial charge in [0.15, 0.2) is 0 Å². The molecule has 1 heterocycles. The first-order chi connectivity index (χ1) is 12.5. The number of non-ortho nitro benzene ring substituents is 1. The molecule has 0 saturated heterocycles. The minimum atomic E-state index is -0.497. The van der Waals surface area contributed by atoms with E-state index in [1.54, 1.807) is 18.2 Å². The molecule has 8 heteroatoms. The highest BCUT2D eigenvalue weighted by molar-refractivity contribution is 5.83. The molecule has 1 aromatic heterocycles. The first kappa shape index (κ1) is 17.2. The summed E-state index contributed by atoms with van der Waals surface area (Å²) < 4.78 is 1.31. The third-order valence-corrected chi connectivity index (χ3v) is 3.89. The van der Waals surface area contributed by atoms with Crippen molar-refractivity contribution in [1.82, 2.24) is 9.78 Å². The van der Waals surface area contributed by atoms with Crippen molar-refractivity contribution in [2.75, 3.05) is 0 Å². The second-order valence-corrected chi connectivity index (χ2v) is 5.52. The lowest BCUT2D eigenvalue weighted by Crippen LogP contribution is -2.17. The molecule has 0 aliphatic rings. The Balaban J connectivity index is 2.01. The zero-order chi connectivity index (χ0) is 18.7. The fourth-order valence-corrected chi connectivity index (χ4v) is 2.51. The third kappa shape index (κ3) is 3.25. The fraction of sp³-hybridized carbons (Fsp3) is 0.111. The van der Waals surface area contributed by atoms with Crippen molar-refractivity contribution in [1.29, 1.82) is 0 Å². The van der Waals surface area contributed by atoms with E-state index in [4.69, 9.17) is 0 Å². The van der Waals surface area contributed by atoms with E-state index in [1.165, 1.54) is 41.2 Å². The number of aromatic amines is 1. The number of H-pyrrole nitrogens is 1. The van der Waals surface area contributed by atoms with Crippen LogP contribution >= 0.6 is 0 Å². The van der Waals surface area contributed by atoms with Crippen molar-refractivity contribution in [2.45, 2.75) is 13.3 Å². The molecule has 0 unspecified atom stereocenters. The summed E-state index contributed by atoms with van der Waals surface area (Å²) in [7, 11) is 0. The lowest BCUT2D eigenvalue weighted by Gasteiger charge is -2.00. The molecule has 2 aromatic carbocycles. The van der Waals surface area contributed by atoms with Crippen LogP contribution in [0.3, 0.4) is 0 Å². The largest absolute Gasteiger partial charge is 0.506 e. The summed E-state index contributed by atoms with van der Waals surface area (Å²) in [5, 5.41) is 23.5. The highest BCUT2D eigenvalue weighted by Gasteiger charge is 2.14. The molecular weight excluding hydrogens is 336 g/mol. The van der Waals surface area contributed by atoms with Crippen molar-refractivity contribution in [3.8, 4) is 11.4 Å². The van der Waals surface area contributed by atoms with Crippen molar-refractivity contribution in [2.24, 2.45) is 4.99 Å². The zero-order valence-electron chi connectivity index (χ0n) is 13.9. The summed E-state index contributed by atoms with van der Waals surface area (Å²) in [4.78, 5) is 27.2. The Morgan fingerprint density at radius 1 is 1.23 bits per heavy atom. The lowest BCUT2D eigenvalue weighted by molar-refractivity contribution is -0.384. The fourth-order valence-electron chi connectivity index (χ4n) is 2.51. The summed E-state index contributed by atoms with van der Waals surface area (Å²) in [6, 6.07) is 12.2. The number of para-hydroxylation sites is 2. The smallest absolute Gasteiger partial charge is 0.280 e. The van der Waals surface area contributed by atoms with Crippen molar-refractivity contribution in [3.63, 3.8) is 0 Å². The number of nitrogens with one attached hydrogen (secondary N) is 1. The molecule has 0 spiro atoms. The number of aromatic hydroxyl groups is 1. The number of aliphatic imine (C=N–C) groups is 1. The minimum absolute atomic E-state index is 0.0213. The van der Waals surface area contributed by atoms with Crippen LogP contribution in [0, 0.1) is 10.1 Å². The van der Waals surface area contributed by atoms with Gasteiger partial charge in [0.1, 0.15) is 11.4 Å². The van der Waals surface area contributed by atoms with Gasteiger partial charge in [-0.15, -0.1) is 0 Å². The van der Waals surface area contributed by atoms with Crippen molar-refractivity contribution in [3.05, 3.63) is 80.3 Å². The van der Waals surface area contributed by atoms with Gasteiger partial charge >= 0.3 is 0 Å². The molecule has 0 fully saturated rings. The summed E-state index contributed by atoms with van der Waals surface area (Å²) in [6.45, 7) is 1.89. The standard InChI is InChI=1S/C18H16N4O4/c1-2-15-14(11-19-16-5-3-4-6-17(16)23)18(24)21(20-15)12-7-9-13(10-8-12)22(25)26/h3-11,20,23H,2H2,1H3. The number of hydrogen-bond acceptors (Lipinski definition) is 5. The van der Waals surface area contributed by atoms with E-state index in [-0.39, 0.29) is 17.0 Å². The predicted molar refractivity (Wildman–Crippen MR) is 97.8 cm³/mol. The number of hydrogen-bond donors (Lipinski definition) is 2. The molecule has 8 nitrogen and oxygen atoms in total. The summed E-state index contributed by atoms with van der Waals surface area (Å²) >= 11 is 0. The number of benzene rings is 2. The Morgan fingerprint density at radius 2 is 1.92 bits per heavy atom. The van der Waals surface area contributed by atoms with E-state index in [2.05, 4.69) is 10.1 Å². The summed E-state index contributed by atoms with van der Waals surface area (Å²) in [5.74, 6) is 0.0213. The van der Waals surface area contributed by atoms with Gasteiger partial charge in [-0.3, -0.25) is 25.0 Å². The van der Waals surface area contributed by atoms with E-state index in [1.807, 2.05) is 6.92 Å². The van der Waals surface area contributed by atoms with Gasteiger partial charge < -0.3 is 5.11 Å². The van der Waals surface area contributed by atoms with Crippen LogP contribution < -0.4 is 5.56 Å². The highest BCUT2D eigenvalue weighted by atomic mass is 16.6. The van der Waals surface area contributed by atoms with Crippen LogP contribution in [0.5, 0.6) is 5.75 Å². The van der Waals surface area contributed by atoms with E-state index in [0.29, 0.717) is 29.1 Å². The first-order valence-electron chi connectivity index (χ1n) is 7.92. The van der Waals surface area contributed by atoms with Crippen LogP contribution in [0.2, 0.25) is 0 Å². The van der Waals surface area contributed by atoms with Crippen molar-refractivity contribution < 1.29 is 10.0 Å². The van der Waals surface area contributed by atoms with Gasteiger partial charge in [-0.2, -0.15) is 0 Å². The average Bonchev–Trinajstić information content (AvgIpc) is 2.97. The summed E-state index contributed by atoms with van der Waals surface area (Å²) in [6.07, 6.45) is 1.98. The van der Waals surface area contributed by atoms with E-state index in [9.17, 15) is 20.0 Å². The van der Waals surface area contributed by atoms with Crippen LogP contribution in [0.4, 0.5) is 11.4 Å². The molecule has 2 N–H and O–H groups in total. The third-order valence-electron chi connectivity index (χ3n) is 3.89. The molecule has 0 bridgehead atoms. The van der Waals surface area contributed by atoms with Gasteiger partial charge in [0.2, 0.25) is 0 Å². The Labute approximate surface area is 148 Å². The number of nitro benzene ring substituents is 1. The maximum atomic E-state index is 12.7. The molecule has 0 saturated carbocycles. The predicted octanol–water partition coefficient (Wildman–Crippen LogP) is 3.09.